The molecule has 0 amide bonds. The maximum atomic E-state index is 6.12. The van der Waals surface area contributed by atoms with Crippen molar-refractivity contribution < 1.29 is 13.9 Å². The Balaban J connectivity index is 1.74. The van der Waals surface area contributed by atoms with Crippen LogP contribution in [-0.4, -0.2) is 52.0 Å². The van der Waals surface area contributed by atoms with E-state index in [0.717, 1.165) is 26.4 Å². The SMILES string of the molecule is CCO[Si](CC)(CC)CCCN(C1CO1)C1CO1. The molecule has 0 aromatic rings. The first kappa shape index (κ1) is 14.5. The first-order valence-corrected chi connectivity index (χ1v) is 9.90. The van der Waals surface area contributed by atoms with E-state index in [1.807, 2.05) is 0 Å². The maximum absolute atomic E-state index is 6.12. The molecule has 0 saturated carbocycles. The van der Waals surface area contributed by atoms with Gasteiger partial charge in [-0.25, -0.2) is 4.90 Å². The second-order valence-electron chi connectivity index (χ2n) is 5.24. The maximum Gasteiger partial charge on any atom is 0.192 e. The van der Waals surface area contributed by atoms with Gasteiger partial charge in [-0.15, -0.1) is 0 Å². The van der Waals surface area contributed by atoms with Gasteiger partial charge in [0.05, 0.1) is 13.2 Å². The highest BCUT2D eigenvalue weighted by Gasteiger charge is 2.41. The Kier molecular flexibility index (Phi) is 5.21. The Morgan fingerprint density at radius 3 is 2.06 bits per heavy atom. The van der Waals surface area contributed by atoms with Crippen molar-refractivity contribution in [1.29, 1.82) is 0 Å². The summed E-state index contributed by atoms with van der Waals surface area (Å²) in [4.78, 5) is 2.37. The number of hydrogen-bond acceptors (Lipinski definition) is 4. The van der Waals surface area contributed by atoms with Gasteiger partial charge in [0.25, 0.3) is 0 Å². The smallest absolute Gasteiger partial charge is 0.192 e. The molecule has 18 heavy (non-hydrogen) atoms. The van der Waals surface area contributed by atoms with Crippen molar-refractivity contribution in [2.45, 2.75) is 57.8 Å². The summed E-state index contributed by atoms with van der Waals surface area (Å²) in [6.07, 6.45) is 1.89. The molecule has 2 heterocycles. The molecule has 0 aromatic heterocycles. The van der Waals surface area contributed by atoms with Gasteiger partial charge >= 0.3 is 0 Å². The fraction of sp³-hybridized carbons (Fsp3) is 1.00. The van der Waals surface area contributed by atoms with Gasteiger partial charge in [0.2, 0.25) is 0 Å². The molecule has 0 radical (unpaired) electrons. The van der Waals surface area contributed by atoms with Crippen LogP contribution in [0.5, 0.6) is 0 Å². The van der Waals surface area contributed by atoms with E-state index >= 15 is 0 Å². The van der Waals surface area contributed by atoms with Crippen molar-refractivity contribution in [3.63, 3.8) is 0 Å². The second kappa shape index (κ2) is 6.48. The molecule has 2 fully saturated rings. The van der Waals surface area contributed by atoms with Gasteiger partial charge in [0.15, 0.2) is 8.32 Å². The van der Waals surface area contributed by atoms with Crippen LogP contribution in [0.4, 0.5) is 0 Å². The number of ether oxygens (including phenoxy) is 2. The molecule has 5 heteroatoms. The zero-order chi connectivity index (χ0) is 13.0. The Morgan fingerprint density at radius 1 is 1.11 bits per heavy atom. The van der Waals surface area contributed by atoms with E-state index in [1.54, 1.807) is 0 Å². The highest BCUT2D eigenvalue weighted by atomic mass is 28.4. The van der Waals surface area contributed by atoms with Crippen LogP contribution in [0.2, 0.25) is 18.1 Å². The van der Waals surface area contributed by atoms with Crippen LogP contribution < -0.4 is 0 Å². The molecular weight excluding hydrogens is 246 g/mol. The van der Waals surface area contributed by atoms with Crippen molar-refractivity contribution in [3.05, 3.63) is 0 Å². The summed E-state index contributed by atoms with van der Waals surface area (Å²) < 4.78 is 16.9. The number of rotatable bonds is 10. The van der Waals surface area contributed by atoms with Crippen LogP contribution in [0.3, 0.4) is 0 Å². The third-order valence-electron chi connectivity index (χ3n) is 4.16. The van der Waals surface area contributed by atoms with E-state index in [9.17, 15) is 0 Å². The summed E-state index contributed by atoms with van der Waals surface area (Å²) in [7, 11) is -1.45. The minimum atomic E-state index is -1.45. The van der Waals surface area contributed by atoms with E-state index in [2.05, 4.69) is 25.7 Å². The Labute approximate surface area is 112 Å². The van der Waals surface area contributed by atoms with E-state index < -0.39 is 8.32 Å². The molecule has 2 atom stereocenters. The average Bonchev–Trinajstić information content (AvgIpc) is 3.27. The summed E-state index contributed by atoms with van der Waals surface area (Å²) in [6, 6.07) is 3.73. The first-order chi connectivity index (χ1) is 8.74. The molecule has 4 nitrogen and oxygen atoms in total. The lowest BCUT2D eigenvalue weighted by Gasteiger charge is -2.29. The number of hydrogen-bond donors (Lipinski definition) is 0. The molecular formula is C13H27NO3Si. The van der Waals surface area contributed by atoms with E-state index in [0.29, 0.717) is 12.5 Å². The van der Waals surface area contributed by atoms with E-state index in [-0.39, 0.29) is 0 Å². The summed E-state index contributed by atoms with van der Waals surface area (Å²) in [6.45, 7) is 10.4. The van der Waals surface area contributed by atoms with Crippen molar-refractivity contribution in [3.8, 4) is 0 Å². The normalized spacial score (nSPS) is 26.7. The summed E-state index contributed by atoms with van der Waals surface area (Å²) in [5, 5.41) is 0. The van der Waals surface area contributed by atoms with Gasteiger partial charge < -0.3 is 13.9 Å². The zero-order valence-electron chi connectivity index (χ0n) is 12.0. The molecule has 2 aliphatic heterocycles. The standard InChI is InChI=1S/C13H27NO3Si/c1-4-17-18(5-2,6-3)9-7-8-14(12-10-15-12)13-11-16-13/h12-13H,4-11H2,1-3H3. The van der Waals surface area contributed by atoms with Gasteiger partial charge in [-0.1, -0.05) is 13.8 Å². The Bertz CT molecular complexity index is 241. The van der Waals surface area contributed by atoms with Crippen LogP contribution in [0.15, 0.2) is 0 Å². The quantitative estimate of drug-likeness (QED) is 0.452. The van der Waals surface area contributed by atoms with Gasteiger partial charge in [0.1, 0.15) is 12.5 Å². The highest BCUT2D eigenvalue weighted by Crippen LogP contribution is 2.28. The fourth-order valence-corrected chi connectivity index (χ4v) is 5.89. The largest absolute Gasteiger partial charge is 0.417 e. The monoisotopic (exact) mass is 273 g/mol. The van der Waals surface area contributed by atoms with Crippen LogP contribution in [0.1, 0.15) is 27.2 Å². The molecule has 2 rings (SSSR count). The Morgan fingerprint density at radius 2 is 1.67 bits per heavy atom. The van der Waals surface area contributed by atoms with Crippen LogP contribution in [0, 0.1) is 0 Å². The average molecular weight is 273 g/mol. The molecule has 0 aliphatic carbocycles. The molecule has 2 aliphatic rings. The summed E-state index contributed by atoms with van der Waals surface area (Å²) in [5.41, 5.74) is 0. The summed E-state index contributed by atoms with van der Waals surface area (Å²) in [5.74, 6) is 0. The van der Waals surface area contributed by atoms with Gasteiger partial charge in [-0.05, 0) is 31.5 Å². The third-order valence-corrected chi connectivity index (χ3v) is 8.90. The zero-order valence-corrected chi connectivity index (χ0v) is 13.0. The highest BCUT2D eigenvalue weighted by molar-refractivity contribution is 6.73. The number of nitrogens with zero attached hydrogens (tertiary/aromatic N) is 1. The third kappa shape index (κ3) is 3.77. The minimum Gasteiger partial charge on any atom is -0.417 e. The van der Waals surface area contributed by atoms with Crippen LogP contribution >= 0.6 is 0 Å². The van der Waals surface area contributed by atoms with Crippen LogP contribution in [-0.2, 0) is 13.9 Å². The molecule has 0 spiro atoms. The summed E-state index contributed by atoms with van der Waals surface area (Å²) >= 11 is 0. The second-order valence-corrected chi connectivity index (χ2v) is 9.81. The molecule has 0 N–H and O–H groups in total. The lowest BCUT2D eigenvalue weighted by atomic mass is 10.4. The number of epoxide rings is 2. The van der Waals surface area contributed by atoms with Gasteiger partial charge in [0, 0.05) is 13.2 Å². The Hall–Kier alpha value is 0.0569. The van der Waals surface area contributed by atoms with Crippen molar-refractivity contribution in [2.75, 3.05) is 26.4 Å². The lowest BCUT2D eigenvalue weighted by Crippen LogP contribution is -2.38. The minimum absolute atomic E-state index is 0.337. The molecule has 2 saturated heterocycles. The topological polar surface area (TPSA) is 37.5 Å². The first-order valence-electron chi connectivity index (χ1n) is 7.37. The molecule has 2 unspecified atom stereocenters. The van der Waals surface area contributed by atoms with E-state index in [1.165, 1.54) is 24.6 Å². The van der Waals surface area contributed by atoms with Crippen molar-refractivity contribution in [2.24, 2.45) is 0 Å². The predicted octanol–water partition coefficient (Wildman–Crippen LogP) is 2.41. The predicted molar refractivity (Wildman–Crippen MR) is 74.0 cm³/mol. The van der Waals surface area contributed by atoms with Crippen molar-refractivity contribution in [1.82, 2.24) is 4.90 Å². The van der Waals surface area contributed by atoms with Crippen molar-refractivity contribution >= 4 is 8.32 Å². The molecule has 106 valence electrons. The molecule has 0 aromatic carbocycles. The lowest BCUT2D eigenvalue weighted by molar-refractivity contribution is 0.113. The van der Waals surface area contributed by atoms with Gasteiger partial charge in [-0.2, -0.15) is 0 Å². The van der Waals surface area contributed by atoms with Gasteiger partial charge in [-0.3, -0.25) is 0 Å². The van der Waals surface area contributed by atoms with E-state index in [4.69, 9.17) is 13.9 Å². The van der Waals surface area contributed by atoms with Crippen LogP contribution in [0.25, 0.3) is 0 Å². The molecule has 0 bridgehead atoms. The fourth-order valence-electron chi connectivity index (χ4n) is 2.71.